The van der Waals surface area contributed by atoms with Crippen LogP contribution < -0.4 is 5.32 Å². The molecular weight excluding hydrogens is 266 g/mol. The number of cyclic esters (lactones) is 1. The van der Waals surface area contributed by atoms with Crippen LogP contribution in [0.4, 0.5) is 4.79 Å². The van der Waals surface area contributed by atoms with E-state index in [-0.39, 0.29) is 40.7 Å². The van der Waals surface area contributed by atoms with Crippen molar-refractivity contribution in [3.05, 3.63) is 35.5 Å². The first kappa shape index (κ1) is 7.31. The number of aromatic amines is 1. The number of likely N-dealkylation sites (N-methyl/N-ethyl adjacent to an activating group) is 1. The first-order chi connectivity index (χ1) is 13.2. The molecule has 3 rings (SSSR count). The summed E-state index contributed by atoms with van der Waals surface area (Å²) in [6.07, 6.45) is -2.22. The maximum absolute atomic E-state index is 11.5. The van der Waals surface area contributed by atoms with Crippen LogP contribution in [0.3, 0.4) is 0 Å². The summed E-state index contributed by atoms with van der Waals surface area (Å²) >= 11 is 0. The summed E-state index contributed by atoms with van der Waals surface area (Å²) in [5.74, 6) is 0. The van der Waals surface area contributed by atoms with Crippen molar-refractivity contribution in [3.8, 4) is 0 Å². The van der Waals surface area contributed by atoms with Crippen molar-refractivity contribution in [1.82, 2.24) is 15.2 Å². The standard InChI is InChI=1S/C16H21N3O2/c1-19(2)6-5-12-9-17-15-4-3-11(8-14(12)15)7-13-10-21-16(20)18-13/h3-4,8-9,13,17H,5-7,10H2,1-2H3,(H,18,20)/t13-/m0/s1/i3D,4D,5D2,8D,10D2,13D. The van der Waals surface area contributed by atoms with Crippen molar-refractivity contribution in [1.29, 1.82) is 0 Å². The van der Waals surface area contributed by atoms with Gasteiger partial charge in [-0.2, -0.15) is 0 Å². The van der Waals surface area contributed by atoms with Gasteiger partial charge in [0.2, 0.25) is 0 Å². The van der Waals surface area contributed by atoms with Gasteiger partial charge in [-0.15, -0.1) is 0 Å². The summed E-state index contributed by atoms with van der Waals surface area (Å²) in [5, 5.41) is 2.17. The van der Waals surface area contributed by atoms with Gasteiger partial charge in [-0.05, 0) is 50.1 Å². The number of amides is 1. The van der Waals surface area contributed by atoms with E-state index in [9.17, 15) is 4.79 Å². The first-order valence-corrected chi connectivity index (χ1v) is 6.46. The Balaban J connectivity index is 2.19. The topological polar surface area (TPSA) is 57.4 Å². The van der Waals surface area contributed by atoms with Crippen LogP contribution in [0.2, 0.25) is 0 Å². The molecule has 1 aliphatic heterocycles. The van der Waals surface area contributed by atoms with E-state index in [4.69, 9.17) is 11.0 Å². The van der Waals surface area contributed by atoms with E-state index in [1.54, 1.807) is 19.0 Å². The summed E-state index contributed by atoms with van der Waals surface area (Å²) in [5.41, 5.74) is 0.110. The Hall–Kier alpha value is -2.01. The SMILES string of the molecule is [2H]c1c(C[C@]2([2H])NC(=O)OC2([2H])[2H])c([2H])c2c(C([2H])([2H])CN(C)C)c[nH]c2c1[2H]. The summed E-state index contributed by atoms with van der Waals surface area (Å²) in [4.78, 5) is 15.9. The molecule has 0 radical (unpaired) electrons. The number of alkyl carbamates (subject to hydrolysis) is 1. The molecule has 0 unspecified atom stereocenters. The minimum atomic E-state index is -2.71. The number of benzene rings is 1. The van der Waals surface area contributed by atoms with Gasteiger partial charge >= 0.3 is 6.09 Å². The second-order valence-corrected chi connectivity index (χ2v) is 4.99. The maximum atomic E-state index is 11.5. The third-order valence-electron chi connectivity index (χ3n) is 2.95. The Kier molecular flexibility index (Phi) is 2.01. The fraction of sp³-hybridized carbons (Fsp3) is 0.438. The molecule has 2 N–H and O–H groups in total. The Morgan fingerprint density at radius 2 is 2.48 bits per heavy atom. The highest BCUT2D eigenvalue weighted by atomic mass is 16.6. The fourth-order valence-corrected chi connectivity index (χ4v) is 1.98. The Morgan fingerprint density at radius 3 is 3.19 bits per heavy atom. The maximum Gasteiger partial charge on any atom is 0.407 e. The Morgan fingerprint density at radius 1 is 1.62 bits per heavy atom. The number of rotatable bonds is 5. The van der Waals surface area contributed by atoms with Gasteiger partial charge < -0.3 is 19.9 Å². The molecule has 5 nitrogen and oxygen atoms in total. The molecule has 0 saturated carbocycles. The van der Waals surface area contributed by atoms with Crippen LogP contribution in [-0.4, -0.2) is 49.2 Å². The smallest absolute Gasteiger partial charge is 0.407 e. The largest absolute Gasteiger partial charge is 0.447 e. The highest BCUT2D eigenvalue weighted by molar-refractivity contribution is 5.84. The summed E-state index contributed by atoms with van der Waals surface area (Å²) < 4.78 is 70.2. The van der Waals surface area contributed by atoms with E-state index in [1.807, 2.05) is 0 Å². The van der Waals surface area contributed by atoms with Crippen LogP contribution >= 0.6 is 0 Å². The number of nitrogens with zero attached hydrogens (tertiary/aromatic N) is 1. The van der Waals surface area contributed by atoms with Crippen LogP contribution in [-0.2, 0) is 17.5 Å². The van der Waals surface area contributed by atoms with Crippen LogP contribution in [0, 0.1) is 0 Å². The van der Waals surface area contributed by atoms with Crippen molar-refractivity contribution in [2.45, 2.75) is 18.8 Å². The molecule has 21 heavy (non-hydrogen) atoms. The van der Waals surface area contributed by atoms with Crippen molar-refractivity contribution in [2.75, 3.05) is 27.2 Å². The average Bonchev–Trinajstić information content (AvgIpc) is 3.08. The molecule has 0 aliphatic carbocycles. The Labute approximate surface area is 135 Å². The van der Waals surface area contributed by atoms with Crippen LogP contribution in [0.1, 0.15) is 22.1 Å². The Bertz CT molecular complexity index is 990. The lowest BCUT2D eigenvalue weighted by Gasteiger charge is -2.09. The summed E-state index contributed by atoms with van der Waals surface area (Å²) in [7, 11) is 3.40. The van der Waals surface area contributed by atoms with Crippen molar-refractivity contribution in [2.24, 2.45) is 0 Å². The zero-order chi connectivity index (χ0) is 21.9. The molecule has 1 aromatic heterocycles. The van der Waals surface area contributed by atoms with E-state index in [0.717, 1.165) is 0 Å². The number of hydrogen-bond acceptors (Lipinski definition) is 3. The predicted molar refractivity (Wildman–Crippen MR) is 82.5 cm³/mol. The zero-order valence-electron chi connectivity index (χ0n) is 19.8. The lowest BCUT2D eigenvalue weighted by molar-refractivity contribution is 0.177. The van der Waals surface area contributed by atoms with Gasteiger partial charge in [-0.1, -0.05) is 6.04 Å². The van der Waals surface area contributed by atoms with Gasteiger partial charge in [0, 0.05) is 26.4 Å². The molecular formula is C16H21N3O2. The predicted octanol–water partition coefficient (Wildman–Crippen LogP) is 1.92. The molecule has 0 spiro atoms. The number of ether oxygens (including phenoxy) is 1. The lowest BCUT2D eigenvalue weighted by Crippen LogP contribution is -2.28. The van der Waals surface area contributed by atoms with E-state index in [1.165, 1.54) is 6.20 Å². The highest BCUT2D eigenvalue weighted by Gasteiger charge is 2.22. The number of carbonyl (C=O) groups excluding carboxylic acids is 1. The lowest BCUT2D eigenvalue weighted by atomic mass is 10.0. The second-order valence-electron chi connectivity index (χ2n) is 4.99. The number of carbonyl (C=O) groups is 1. The molecule has 2 aromatic rings. The van der Waals surface area contributed by atoms with Gasteiger partial charge in [-0.25, -0.2) is 4.79 Å². The van der Waals surface area contributed by atoms with Gasteiger partial charge in [0.15, 0.2) is 0 Å². The number of aromatic nitrogens is 1. The minimum Gasteiger partial charge on any atom is -0.447 e. The van der Waals surface area contributed by atoms with E-state index >= 15 is 0 Å². The van der Waals surface area contributed by atoms with Crippen LogP contribution in [0.25, 0.3) is 10.9 Å². The molecule has 5 heteroatoms. The number of nitrogens with one attached hydrogen (secondary N) is 2. The highest BCUT2D eigenvalue weighted by Crippen LogP contribution is 2.21. The second kappa shape index (κ2) is 5.77. The summed E-state index contributed by atoms with van der Waals surface area (Å²) in [6.45, 7) is -2.69. The van der Waals surface area contributed by atoms with Crippen LogP contribution in [0.5, 0.6) is 0 Å². The molecule has 1 atom stereocenters. The van der Waals surface area contributed by atoms with E-state index in [0.29, 0.717) is 0 Å². The molecule has 1 aromatic carbocycles. The molecule has 1 saturated heterocycles. The van der Waals surface area contributed by atoms with Crippen LogP contribution in [0.15, 0.2) is 24.3 Å². The number of H-pyrrole nitrogens is 1. The number of fused-ring (bicyclic) bond motifs is 1. The van der Waals surface area contributed by atoms with Gasteiger partial charge in [-0.3, -0.25) is 0 Å². The fourth-order valence-electron chi connectivity index (χ4n) is 1.98. The molecule has 1 aliphatic rings. The monoisotopic (exact) mass is 295 g/mol. The number of hydrogen-bond donors (Lipinski definition) is 2. The van der Waals surface area contributed by atoms with Gasteiger partial charge in [0.05, 0.1) is 14.2 Å². The molecule has 1 amide bonds. The quantitative estimate of drug-likeness (QED) is 0.886. The molecule has 1 fully saturated rings. The van der Waals surface area contributed by atoms with Gasteiger partial charge in [0.1, 0.15) is 6.56 Å². The molecule has 112 valence electrons. The van der Waals surface area contributed by atoms with Crippen molar-refractivity contribution >= 4 is 17.0 Å². The zero-order valence-corrected chi connectivity index (χ0v) is 11.8. The first-order valence-electron chi connectivity index (χ1n) is 10.5. The minimum absolute atomic E-state index is 0.0134. The van der Waals surface area contributed by atoms with Gasteiger partial charge in [0.25, 0.3) is 0 Å². The normalized spacial score (nSPS) is 30.3. The third kappa shape index (κ3) is 3.19. The molecule has 2 heterocycles. The van der Waals surface area contributed by atoms with Crippen molar-refractivity contribution < 1.29 is 20.5 Å². The van der Waals surface area contributed by atoms with Crippen molar-refractivity contribution in [3.63, 3.8) is 0 Å². The third-order valence-corrected chi connectivity index (χ3v) is 2.95. The average molecular weight is 295 g/mol. The van der Waals surface area contributed by atoms with E-state index < -0.39 is 37.5 Å². The molecule has 0 bridgehead atoms. The van der Waals surface area contributed by atoms with E-state index in [2.05, 4.69) is 15.0 Å². The summed E-state index contributed by atoms with van der Waals surface area (Å²) in [6, 6.07) is -3.28.